The maximum atomic E-state index is 5.14. The van der Waals surface area contributed by atoms with Gasteiger partial charge in [-0.1, -0.05) is 30.2 Å². The zero-order chi connectivity index (χ0) is 15.9. The Hall–Kier alpha value is -0.630. The van der Waals surface area contributed by atoms with Crippen molar-refractivity contribution < 1.29 is 4.74 Å². The van der Waals surface area contributed by atoms with Crippen LogP contribution in [-0.2, 0) is 4.74 Å². The minimum Gasteiger partial charge on any atom is -0.502 e. The number of ether oxygens (including phenoxy) is 1. The second-order valence-electron chi connectivity index (χ2n) is 5.63. The second kappa shape index (κ2) is 14.3. The first-order valence-electron chi connectivity index (χ1n) is 8.19. The van der Waals surface area contributed by atoms with Crippen molar-refractivity contribution in [3.8, 4) is 0 Å². The fourth-order valence-corrected chi connectivity index (χ4v) is 2.81. The summed E-state index contributed by atoms with van der Waals surface area (Å²) in [5.41, 5.74) is 3.04. The van der Waals surface area contributed by atoms with Gasteiger partial charge in [0.25, 0.3) is 0 Å². The van der Waals surface area contributed by atoms with Crippen molar-refractivity contribution in [2.45, 2.75) is 66.2 Å². The van der Waals surface area contributed by atoms with E-state index in [1.54, 1.807) is 12.7 Å². The monoisotopic (exact) mass is 310 g/mol. The molecular formula is C19H34OS. The fraction of sp³-hybridized carbons (Fsp3) is 0.684. The van der Waals surface area contributed by atoms with Crippen LogP contribution in [-0.4, -0.2) is 18.6 Å². The molecular weight excluding hydrogens is 276 g/mol. The van der Waals surface area contributed by atoms with Crippen LogP contribution in [0, 0.1) is 0 Å². The average Bonchev–Trinajstić information content (AvgIpc) is 2.48. The predicted octanol–water partition coefficient (Wildman–Crippen LogP) is 6.52. The molecule has 1 nitrogen and oxygen atoms in total. The normalized spacial score (nSPS) is 13.7. The first-order chi connectivity index (χ1) is 10.1. The summed E-state index contributed by atoms with van der Waals surface area (Å²) in [7, 11) is 1.73. The van der Waals surface area contributed by atoms with E-state index in [1.807, 2.05) is 18.7 Å². The third-order valence-corrected chi connectivity index (χ3v) is 4.56. The van der Waals surface area contributed by atoms with Crippen LogP contribution in [0.15, 0.2) is 35.1 Å². The Morgan fingerprint density at radius 1 is 0.952 bits per heavy atom. The number of thioether (sulfide) groups is 1. The molecule has 0 aromatic rings. The number of hydrogen-bond acceptors (Lipinski definition) is 2. The molecule has 0 saturated heterocycles. The van der Waals surface area contributed by atoms with Crippen LogP contribution in [0.4, 0.5) is 0 Å². The molecule has 0 saturated carbocycles. The molecule has 0 atom stereocenters. The van der Waals surface area contributed by atoms with E-state index in [0.717, 1.165) is 18.6 Å². The molecule has 0 bridgehead atoms. The van der Waals surface area contributed by atoms with Gasteiger partial charge in [-0.2, -0.15) is 11.8 Å². The topological polar surface area (TPSA) is 9.23 Å². The van der Waals surface area contributed by atoms with Crippen LogP contribution in [0.2, 0.25) is 0 Å². The predicted molar refractivity (Wildman–Crippen MR) is 99.0 cm³/mol. The van der Waals surface area contributed by atoms with E-state index < -0.39 is 0 Å². The molecule has 2 heteroatoms. The van der Waals surface area contributed by atoms with Crippen molar-refractivity contribution in [1.29, 1.82) is 0 Å². The maximum absolute atomic E-state index is 5.14. The summed E-state index contributed by atoms with van der Waals surface area (Å²) >= 11 is 2.03. The molecule has 0 radical (unpaired) electrons. The first-order valence-corrected chi connectivity index (χ1v) is 9.35. The van der Waals surface area contributed by atoms with Crippen LogP contribution in [0.25, 0.3) is 0 Å². The summed E-state index contributed by atoms with van der Waals surface area (Å²) in [6.45, 7) is 8.75. The van der Waals surface area contributed by atoms with Gasteiger partial charge in [-0.25, -0.2) is 0 Å². The van der Waals surface area contributed by atoms with Crippen molar-refractivity contribution in [2.24, 2.45) is 0 Å². The van der Waals surface area contributed by atoms with Crippen molar-refractivity contribution in [1.82, 2.24) is 0 Å². The minimum absolute atomic E-state index is 1.02. The Balaban J connectivity index is 3.74. The average molecular weight is 311 g/mol. The Labute approximate surface area is 136 Å². The number of allylic oxidation sites excluding steroid dienone is 5. The van der Waals surface area contributed by atoms with E-state index in [-0.39, 0.29) is 0 Å². The van der Waals surface area contributed by atoms with Crippen LogP contribution in [0.3, 0.4) is 0 Å². The highest BCUT2D eigenvalue weighted by molar-refractivity contribution is 7.99. The molecule has 0 aliphatic heterocycles. The van der Waals surface area contributed by atoms with Crippen LogP contribution >= 0.6 is 11.8 Å². The number of unbranched alkanes of at least 4 members (excludes halogenated alkanes) is 1. The van der Waals surface area contributed by atoms with Crippen molar-refractivity contribution in [3.05, 3.63) is 35.1 Å². The zero-order valence-corrected chi connectivity index (χ0v) is 15.5. The third-order valence-electron chi connectivity index (χ3n) is 3.46. The van der Waals surface area contributed by atoms with Gasteiger partial charge in [0.1, 0.15) is 0 Å². The summed E-state index contributed by atoms with van der Waals surface area (Å²) in [4.78, 5) is 0. The molecule has 0 aliphatic rings. The third kappa shape index (κ3) is 14.1. The molecule has 0 heterocycles. The summed E-state index contributed by atoms with van der Waals surface area (Å²) in [5.74, 6) is 3.48. The summed E-state index contributed by atoms with van der Waals surface area (Å²) in [5, 5.41) is 0. The van der Waals surface area contributed by atoms with Gasteiger partial charge in [0, 0.05) is 5.75 Å². The highest BCUT2D eigenvalue weighted by atomic mass is 32.2. The van der Waals surface area contributed by atoms with Crippen LogP contribution in [0.5, 0.6) is 0 Å². The lowest BCUT2D eigenvalue weighted by molar-refractivity contribution is 0.292. The van der Waals surface area contributed by atoms with Crippen molar-refractivity contribution in [3.63, 3.8) is 0 Å². The molecule has 0 amide bonds. The molecule has 0 fully saturated rings. The van der Waals surface area contributed by atoms with E-state index in [9.17, 15) is 0 Å². The zero-order valence-electron chi connectivity index (χ0n) is 14.7. The Bertz CT molecular complexity index is 339. The lowest BCUT2D eigenvalue weighted by Crippen LogP contribution is -1.84. The van der Waals surface area contributed by atoms with E-state index in [0.29, 0.717) is 0 Å². The lowest BCUT2D eigenvalue weighted by Gasteiger charge is -2.02. The maximum Gasteiger partial charge on any atom is 0.0884 e. The number of rotatable bonds is 12. The standard InChI is InChI=1S/C19H34OS/c1-6-15-21-16-14-18(3)11-8-7-10-17(2)12-9-13-19(4)20-5/h10,13-14H,6-9,11-12,15-16H2,1-5H3/b17-10+,18-14+,19-13+. The van der Waals surface area contributed by atoms with Gasteiger partial charge in [0.05, 0.1) is 12.9 Å². The van der Waals surface area contributed by atoms with E-state index in [1.165, 1.54) is 42.8 Å². The van der Waals surface area contributed by atoms with E-state index in [4.69, 9.17) is 4.74 Å². The lowest BCUT2D eigenvalue weighted by atomic mass is 10.1. The molecule has 0 aromatic heterocycles. The quantitative estimate of drug-likeness (QED) is 0.230. The summed E-state index contributed by atoms with van der Waals surface area (Å²) < 4.78 is 5.14. The van der Waals surface area contributed by atoms with E-state index >= 15 is 0 Å². The van der Waals surface area contributed by atoms with Crippen molar-refractivity contribution >= 4 is 11.8 Å². The first kappa shape index (κ1) is 20.4. The molecule has 21 heavy (non-hydrogen) atoms. The fourth-order valence-electron chi connectivity index (χ4n) is 1.95. The van der Waals surface area contributed by atoms with Gasteiger partial charge in [-0.15, -0.1) is 0 Å². The van der Waals surface area contributed by atoms with Gasteiger partial charge >= 0.3 is 0 Å². The Morgan fingerprint density at radius 3 is 2.33 bits per heavy atom. The number of methoxy groups -OCH3 is 1. The molecule has 0 aliphatic carbocycles. The molecule has 0 rings (SSSR count). The molecule has 122 valence electrons. The molecule has 0 spiro atoms. The number of hydrogen-bond donors (Lipinski definition) is 0. The SMILES string of the molecule is CCCSC/C=C(\C)CCC/C=C(\C)CC/C=C(\C)OC. The van der Waals surface area contributed by atoms with Gasteiger partial charge in [0.15, 0.2) is 0 Å². The summed E-state index contributed by atoms with van der Waals surface area (Å²) in [6.07, 6.45) is 14.2. The minimum atomic E-state index is 1.02. The van der Waals surface area contributed by atoms with Gasteiger partial charge < -0.3 is 4.74 Å². The van der Waals surface area contributed by atoms with Gasteiger partial charge in [0.2, 0.25) is 0 Å². The van der Waals surface area contributed by atoms with Gasteiger partial charge in [-0.3, -0.25) is 0 Å². The van der Waals surface area contributed by atoms with Crippen LogP contribution in [0.1, 0.15) is 66.2 Å². The molecule has 0 aromatic carbocycles. The van der Waals surface area contributed by atoms with Gasteiger partial charge in [-0.05, 0) is 71.1 Å². The highest BCUT2D eigenvalue weighted by Gasteiger charge is 1.93. The van der Waals surface area contributed by atoms with E-state index in [2.05, 4.69) is 39.0 Å². The Kier molecular flexibility index (Phi) is 13.9. The highest BCUT2D eigenvalue weighted by Crippen LogP contribution is 2.13. The largest absolute Gasteiger partial charge is 0.502 e. The smallest absolute Gasteiger partial charge is 0.0884 e. The Morgan fingerprint density at radius 2 is 1.67 bits per heavy atom. The second-order valence-corrected chi connectivity index (χ2v) is 6.78. The van der Waals surface area contributed by atoms with Crippen molar-refractivity contribution in [2.75, 3.05) is 18.6 Å². The van der Waals surface area contributed by atoms with Crippen LogP contribution < -0.4 is 0 Å². The molecule has 0 unspecified atom stereocenters. The molecule has 0 N–H and O–H groups in total. The summed E-state index contributed by atoms with van der Waals surface area (Å²) in [6, 6.07) is 0.